The first kappa shape index (κ1) is 37.7. The van der Waals surface area contributed by atoms with Crippen LogP contribution in [0.2, 0.25) is 0 Å². The molecule has 0 aromatic heterocycles. The van der Waals surface area contributed by atoms with Crippen molar-refractivity contribution in [3.63, 3.8) is 0 Å². The van der Waals surface area contributed by atoms with Crippen LogP contribution in [0.25, 0.3) is 11.1 Å². The summed E-state index contributed by atoms with van der Waals surface area (Å²) < 4.78 is 52.8. The molecule has 6 rings (SSSR count). The first-order valence-corrected chi connectivity index (χ1v) is 18.3. The normalized spacial score (nSPS) is 24.0. The van der Waals surface area contributed by atoms with E-state index in [1.165, 1.54) is 25.7 Å². The Labute approximate surface area is 303 Å². The fraction of sp³-hybridized carbons (Fsp3) is 0.463. The average molecular weight is 720 g/mol. The minimum Gasteiger partial charge on any atom is -0.392 e. The maximum absolute atomic E-state index is 13.1. The summed E-state index contributed by atoms with van der Waals surface area (Å²) in [6.07, 6.45) is 1.27. The topological polar surface area (TPSA) is 91.3 Å². The molecule has 0 spiro atoms. The Morgan fingerprint density at radius 1 is 0.962 bits per heavy atom. The van der Waals surface area contributed by atoms with Crippen molar-refractivity contribution in [2.45, 2.75) is 95.4 Å². The second kappa shape index (κ2) is 16.8. The van der Waals surface area contributed by atoms with Gasteiger partial charge in [0.15, 0.2) is 6.29 Å². The van der Waals surface area contributed by atoms with Gasteiger partial charge in [-0.15, -0.1) is 6.58 Å². The minimum absolute atomic E-state index is 0.0302. The molecule has 5 atom stereocenters. The lowest BCUT2D eigenvalue weighted by Crippen LogP contribution is -2.50. The highest BCUT2D eigenvalue weighted by Gasteiger charge is 2.47. The monoisotopic (exact) mass is 719 g/mol. The molecule has 3 aromatic rings. The zero-order valence-electron chi connectivity index (χ0n) is 29.6. The first-order chi connectivity index (χ1) is 25.1. The molecule has 1 aliphatic carbocycles. The summed E-state index contributed by atoms with van der Waals surface area (Å²) in [5.41, 5.74) is 5.25. The number of amides is 2. The molecule has 278 valence electrons. The lowest BCUT2D eigenvalue weighted by atomic mass is 9.89. The first-order valence-electron chi connectivity index (χ1n) is 18.3. The second-order valence-corrected chi connectivity index (χ2v) is 14.2. The molecule has 0 radical (unpaired) electrons. The van der Waals surface area contributed by atoms with Crippen molar-refractivity contribution < 1.29 is 37.3 Å². The van der Waals surface area contributed by atoms with Crippen molar-refractivity contribution in [3.05, 3.63) is 108 Å². The Kier molecular flexibility index (Phi) is 12.2. The van der Waals surface area contributed by atoms with E-state index in [2.05, 4.69) is 23.7 Å². The lowest BCUT2D eigenvalue weighted by Gasteiger charge is -2.43. The van der Waals surface area contributed by atoms with Crippen molar-refractivity contribution in [1.29, 1.82) is 0 Å². The van der Waals surface area contributed by atoms with Gasteiger partial charge in [-0.25, -0.2) is 0 Å². The average Bonchev–Trinajstić information content (AvgIpc) is 3.88. The highest BCUT2D eigenvalue weighted by molar-refractivity contribution is 5.90. The van der Waals surface area contributed by atoms with Crippen LogP contribution in [0.3, 0.4) is 0 Å². The van der Waals surface area contributed by atoms with E-state index in [0.29, 0.717) is 17.4 Å². The lowest BCUT2D eigenvalue weighted by molar-refractivity contribution is -0.276. The molecule has 1 saturated carbocycles. The van der Waals surface area contributed by atoms with E-state index in [1.54, 1.807) is 0 Å². The fourth-order valence-corrected chi connectivity index (χ4v) is 7.89. The number of likely N-dealkylation sites (tertiary alicyclic amines) is 1. The van der Waals surface area contributed by atoms with E-state index in [9.17, 15) is 27.9 Å². The van der Waals surface area contributed by atoms with Crippen molar-refractivity contribution in [3.8, 4) is 11.1 Å². The number of hydrogen-bond acceptors (Lipinski definition) is 6. The van der Waals surface area contributed by atoms with Gasteiger partial charge in [-0.1, -0.05) is 98.6 Å². The van der Waals surface area contributed by atoms with E-state index in [0.717, 1.165) is 46.5 Å². The van der Waals surface area contributed by atoms with Crippen LogP contribution in [0.1, 0.15) is 80.1 Å². The number of benzene rings is 3. The number of nitrogens with zero attached hydrogens (tertiary/aromatic N) is 2. The standard InChI is InChI=1S/C41H48F3N3O5/c1-3-22-46(33-10-5-6-11-33)25-36-27(2)37(30-16-14-28(26-48)15-17-30)52-39(51-36)31-20-18-29(19-21-31)34-12-7-4-9-32(34)24-45-38(49)35-13-8-23-47(35)40(50)41(42,43)44/h3-4,7,9,12,14-21,27,33,35-37,39,48H,1,5-6,8,10-11,13,22-26H2,2H3,(H,45,49). The summed E-state index contributed by atoms with van der Waals surface area (Å²) in [7, 11) is 0. The Balaban J connectivity index is 1.19. The summed E-state index contributed by atoms with van der Waals surface area (Å²) in [6, 6.07) is 22.7. The van der Waals surface area contributed by atoms with E-state index in [1.807, 2.05) is 78.9 Å². The van der Waals surface area contributed by atoms with Crippen LogP contribution in [0.5, 0.6) is 0 Å². The van der Waals surface area contributed by atoms with E-state index in [4.69, 9.17) is 9.47 Å². The molecule has 3 fully saturated rings. The highest BCUT2D eigenvalue weighted by Crippen LogP contribution is 2.43. The third-order valence-corrected chi connectivity index (χ3v) is 10.8. The zero-order valence-corrected chi connectivity index (χ0v) is 29.6. The summed E-state index contributed by atoms with van der Waals surface area (Å²) in [5, 5.41) is 12.4. The van der Waals surface area contributed by atoms with E-state index < -0.39 is 30.3 Å². The summed E-state index contributed by atoms with van der Waals surface area (Å²) >= 11 is 0. The molecule has 2 heterocycles. The van der Waals surface area contributed by atoms with Gasteiger partial charge in [0, 0.05) is 43.7 Å². The Morgan fingerprint density at radius 2 is 1.65 bits per heavy atom. The fourth-order valence-electron chi connectivity index (χ4n) is 7.89. The third kappa shape index (κ3) is 8.60. The number of aliphatic hydroxyl groups is 1. The number of hydrogen-bond donors (Lipinski definition) is 2. The SMILES string of the molecule is C=CCN(CC1OC(c2ccc(-c3ccccc3CNC(=O)C3CCCN3C(=O)C(F)(F)F)cc2)OC(c2ccc(CO)cc2)C1C)C1CCCC1. The molecule has 5 unspecified atom stereocenters. The molecule has 2 aliphatic heterocycles. The maximum Gasteiger partial charge on any atom is 0.471 e. The second-order valence-electron chi connectivity index (χ2n) is 14.2. The van der Waals surface area contributed by atoms with Crippen molar-refractivity contribution in [2.75, 3.05) is 19.6 Å². The van der Waals surface area contributed by atoms with Crippen molar-refractivity contribution in [1.82, 2.24) is 15.1 Å². The quantitative estimate of drug-likeness (QED) is 0.192. The van der Waals surface area contributed by atoms with Crippen LogP contribution in [0.15, 0.2) is 85.5 Å². The molecular formula is C41H48F3N3O5. The smallest absolute Gasteiger partial charge is 0.392 e. The summed E-state index contributed by atoms with van der Waals surface area (Å²) in [6.45, 7) is 7.70. The molecular weight excluding hydrogens is 671 g/mol. The number of alkyl halides is 3. The van der Waals surface area contributed by atoms with Gasteiger partial charge in [0.1, 0.15) is 6.04 Å². The zero-order chi connectivity index (χ0) is 36.8. The predicted molar refractivity (Wildman–Crippen MR) is 192 cm³/mol. The minimum atomic E-state index is -5.03. The van der Waals surface area contributed by atoms with Gasteiger partial charge in [-0.3, -0.25) is 14.5 Å². The maximum atomic E-state index is 13.1. The van der Waals surface area contributed by atoms with Crippen LogP contribution in [-0.4, -0.2) is 70.7 Å². The Bertz CT molecular complexity index is 1680. The van der Waals surface area contributed by atoms with Crippen LogP contribution in [-0.2, 0) is 32.2 Å². The predicted octanol–water partition coefficient (Wildman–Crippen LogP) is 7.24. The number of ether oxygens (including phenoxy) is 2. The van der Waals surface area contributed by atoms with Crippen LogP contribution >= 0.6 is 0 Å². The third-order valence-electron chi connectivity index (χ3n) is 10.8. The largest absolute Gasteiger partial charge is 0.471 e. The summed E-state index contributed by atoms with van der Waals surface area (Å²) in [5.74, 6) is -2.53. The van der Waals surface area contributed by atoms with Gasteiger partial charge >= 0.3 is 12.1 Å². The highest BCUT2D eigenvalue weighted by atomic mass is 19.4. The molecule has 52 heavy (non-hydrogen) atoms. The van der Waals surface area contributed by atoms with Crippen LogP contribution < -0.4 is 5.32 Å². The van der Waals surface area contributed by atoms with Gasteiger partial charge in [0.2, 0.25) is 5.91 Å². The molecule has 0 bridgehead atoms. The Hall–Kier alpha value is -4.03. The van der Waals surface area contributed by atoms with Gasteiger partial charge < -0.3 is 24.8 Å². The van der Waals surface area contributed by atoms with E-state index in [-0.39, 0.29) is 44.2 Å². The van der Waals surface area contributed by atoms with Crippen molar-refractivity contribution in [2.24, 2.45) is 5.92 Å². The molecule has 2 N–H and O–H groups in total. The number of rotatable bonds is 12. The van der Waals surface area contributed by atoms with Gasteiger partial charge in [0.05, 0.1) is 18.8 Å². The number of carbonyl (C=O) groups excluding carboxylic acids is 2. The molecule has 11 heteroatoms. The summed E-state index contributed by atoms with van der Waals surface area (Å²) in [4.78, 5) is 28.0. The van der Waals surface area contributed by atoms with Crippen molar-refractivity contribution >= 4 is 11.8 Å². The van der Waals surface area contributed by atoms with Crippen LogP contribution in [0.4, 0.5) is 13.2 Å². The Morgan fingerprint density at radius 3 is 2.33 bits per heavy atom. The molecule has 3 aliphatic rings. The van der Waals surface area contributed by atoms with E-state index >= 15 is 0 Å². The number of carbonyl (C=O) groups is 2. The molecule has 3 aromatic carbocycles. The van der Waals surface area contributed by atoms with Gasteiger partial charge in [-0.05, 0) is 53.5 Å². The van der Waals surface area contributed by atoms with Gasteiger partial charge in [-0.2, -0.15) is 13.2 Å². The number of halogens is 3. The van der Waals surface area contributed by atoms with Crippen LogP contribution in [0, 0.1) is 5.92 Å². The molecule has 2 saturated heterocycles. The molecule has 2 amide bonds. The number of nitrogens with one attached hydrogen (secondary N) is 1. The molecule has 8 nitrogen and oxygen atoms in total. The van der Waals surface area contributed by atoms with Gasteiger partial charge in [0.25, 0.3) is 0 Å². The number of aliphatic hydroxyl groups excluding tert-OH is 1.